The minimum atomic E-state index is -3.58. The second kappa shape index (κ2) is 14.4. The molecule has 0 aliphatic heterocycles. The average Bonchev–Trinajstić information content (AvgIpc) is 2.82. The Morgan fingerprint density at radius 2 is 1.69 bits per heavy atom. The molecule has 0 bridgehead atoms. The Kier molecular flexibility index (Phi) is 12.0. The third-order valence-electron chi connectivity index (χ3n) is 5.73. The van der Waals surface area contributed by atoms with Crippen LogP contribution in [-0.2, 0) is 26.2 Å². The van der Waals surface area contributed by atoms with E-state index in [1.807, 2.05) is 26.0 Å². The maximum Gasteiger partial charge on any atom is 0.242 e. The van der Waals surface area contributed by atoms with E-state index >= 15 is 0 Å². The number of rotatable bonds is 14. The van der Waals surface area contributed by atoms with E-state index < -0.39 is 16.1 Å². The van der Waals surface area contributed by atoms with Gasteiger partial charge in [-0.05, 0) is 55.2 Å². The van der Waals surface area contributed by atoms with Crippen molar-refractivity contribution in [2.24, 2.45) is 0 Å². The van der Waals surface area contributed by atoms with Gasteiger partial charge in [0.2, 0.25) is 21.8 Å². The van der Waals surface area contributed by atoms with Gasteiger partial charge in [0.15, 0.2) is 0 Å². The molecule has 0 heterocycles. The predicted molar refractivity (Wildman–Crippen MR) is 147 cm³/mol. The van der Waals surface area contributed by atoms with Crippen molar-refractivity contribution in [1.29, 1.82) is 0 Å². The van der Waals surface area contributed by atoms with Crippen molar-refractivity contribution in [1.82, 2.24) is 10.2 Å². The number of anilines is 1. The summed E-state index contributed by atoms with van der Waals surface area (Å²) >= 11 is 12.1. The van der Waals surface area contributed by atoms with E-state index in [-0.39, 0.29) is 37.7 Å². The van der Waals surface area contributed by atoms with Crippen LogP contribution in [0, 0.1) is 0 Å². The SMILES string of the molecule is CCCCNC(=O)[C@H](CC)N(Cc1ccc(Cl)cc1)C(=O)CCCN(c1cccc(Cl)c1)S(C)(=O)=O. The molecule has 0 aliphatic carbocycles. The third-order valence-corrected chi connectivity index (χ3v) is 7.41. The fourth-order valence-electron chi connectivity index (χ4n) is 3.85. The van der Waals surface area contributed by atoms with Crippen LogP contribution in [0.15, 0.2) is 48.5 Å². The molecule has 0 aliphatic rings. The summed E-state index contributed by atoms with van der Waals surface area (Å²) in [7, 11) is -3.58. The molecule has 1 atom stereocenters. The summed E-state index contributed by atoms with van der Waals surface area (Å²) in [6.45, 7) is 4.83. The summed E-state index contributed by atoms with van der Waals surface area (Å²) in [5.41, 5.74) is 1.29. The van der Waals surface area contributed by atoms with Gasteiger partial charge in [-0.25, -0.2) is 8.42 Å². The largest absolute Gasteiger partial charge is 0.354 e. The van der Waals surface area contributed by atoms with Gasteiger partial charge in [0, 0.05) is 36.1 Å². The van der Waals surface area contributed by atoms with Gasteiger partial charge in [0.1, 0.15) is 6.04 Å². The van der Waals surface area contributed by atoms with E-state index in [9.17, 15) is 18.0 Å². The van der Waals surface area contributed by atoms with Crippen LogP contribution in [0.1, 0.15) is 51.5 Å². The standard InChI is InChI=1S/C26H35Cl2N3O4S/c1-4-6-16-29-26(33)24(5-2)30(19-20-12-14-21(27)15-13-20)25(32)11-8-17-31(36(3,34)35)23-10-7-9-22(28)18-23/h7,9-10,12-15,18,24H,4-6,8,11,16-17,19H2,1-3H3,(H,29,33)/t24-/m0/s1. The van der Waals surface area contributed by atoms with Crippen molar-refractivity contribution >= 4 is 50.7 Å². The van der Waals surface area contributed by atoms with Crippen LogP contribution in [0.3, 0.4) is 0 Å². The van der Waals surface area contributed by atoms with Crippen molar-refractivity contribution in [2.45, 2.75) is 58.5 Å². The Morgan fingerprint density at radius 3 is 2.28 bits per heavy atom. The Bertz CT molecular complexity index is 1110. The molecule has 0 saturated carbocycles. The number of benzene rings is 2. The van der Waals surface area contributed by atoms with Crippen LogP contribution >= 0.6 is 23.2 Å². The summed E-state index contributed by atoms with van der Waals surface area (Å²) in [5, 5.41) is 3.94. The van der Waals surface area contributed by atoms with E-state index in [0.29, 0.717) is 28.7 Å². The highest BCUT2D eigenvalue weighted by Crippen LogP contribution is 2.23. The van der Waals surface area contributed by atoms with Gasteiger partial charge in [-0.2, -0.15) is 0 Å². The van der Waals surface area contributed by atoms with Gasteiger partial charge in [-0.15, -0.1) is 0 Å². The number of amides is 2. The number of nitrogens with zero attached hydrogens (tertiary/aromatic N) is 2. The molecular weight excluding hydrogens is 521 g/mol. The predicted octanol–water partition coefficient (Wildman–Crippen LogP) is 5.26. The molecule has 2 aromatic carbocycles. The van der Waals surface area contributed by atoms with E-state index in [4.69, 9.17) is 23.2 Å². The molecule has 0 radical (unpaired) electrons. The first-order valence-electron chi connectivity index (χ1n) is 12.1. The smallest absolute Gasteiger partial charge is 0.242 e. The van der Waals surface area contributed by atoms with Gasteiger partial charge in [0.05, 0.1) is 11.9 Å². The molecule has 0 unspecified atom stereocenters. The number of halogens is 2. The third kappa shape index (κ3) is 9.30. The summed E-state index contributed by atoms with van der Waals surface area (Å²) < 4.78 is 26.1. The molecule has 1 N–H and O–H groups in total. The molecule has 2 aromatic rings. The lowest BCUT2D eigenvalue weighted by molar-refractivity contribution is -0.141. The Hall–Kier alpha value is -2.29. The van der Waals surface area contributed by atoms with E-state index in [0.717, 1.165) is 24.7 Å². The zero-order valence-corrected chi connectivity index (χ0v) is 23.4. The Labute approximate surface area is 224 Å². The number of unbranched alkanes of at least 4 members (excludes halogenated alkanes) is 1. The fourth-order valence-corrected chi connectivity index (χ4v) is 5.12. The zero-order chi connectivity index (χ0) is 26.7. The molecule has 0 fully saturated rings. The number of nitrogens with one attached hydrogen (secondary N) is 1. The lowest BCUT2D eigenvalue weighted by atomic mass is 10.1. The first kappa shape index (κ1) is 29.9. The summed E-state index contributed by atoms with van der Waals surface area (Å²) in [6.07, 6.45) is 3.75. The molecule has 198 valence electrons. The maximum absolute atomic E-state index is 13.4. The first-order chi connectivity index (χ1) is 17.1. The van der Waals surface area contributed by atoms with Crippen molar-refractivity contribution in [3.63, 3.8) is 0 Å². The summed E-state index contributed by atoms with van der Waals surface area (Å²) in [5.74, 6) is -0.410. The number of sulfonamides is 1. The van der Waals surface area contributed by atoms with Gasteiger partial charge >= 0.3 is 0 Å². The molecule has 2 rings (SSSR count). The summed E-state index contributed by atoms with van der Waals surface area (Å²) in [6, 6.07) is 13.1. The van der Waals surface area contributed by atoms with Crippen LogP contribution in [-0.4, -0.2) is 50.5 Å². The topological polar surface area (TPSA) is 86.8 Å². The highest BCUT2D eigenvalue weighted by atomic mass is 35.5. The van der Waals surface area contributed by atoms with Crippen LogP contribution in [0.4, 0.5) is 5.69 Å². The van der Waals surface area contributed by atoms with Crippen molar-refractivity contribution in [2.75, 3.05) is 23.7 Å². The second-order valence-electron chi connectivity index (χ2n) is 8.64. The number of hydrogen-bond acceptors (Lipinski definition) is 4. The van der Waals surface area contributed by atoms with Crippen LogP contribution < -0.4 is 9.62 Å². The maximum atomic E-state index is 13.4. The van der Waals surface area contributed by atoms with Crippen LogP contribution in [0.2, 0.25) is 10.0 Å². The zero-order valence-electron chi connectivity index (χ0n) is 21.0. The van der Waals surface area contributed by atoms with Crippen LogP contribution in [0.25, 0.3) is 0 Å². The van der Waals surface area contributed by atoms with E-state index in [1.54, 1.807) is 41.3 Å². The number of hydrogen-bond donors (Lipinski definition) is 1. The van der Waals surface area contributed by atoms with Crippen molar-refractivity contribution in [3.05, 3.63) is 64.1 Å². The minimum absolute atomic E-state index is 0.0823. The quantitative estimate of drug-likeness (QED) is 0.322. The first-order valence-corrected chi connectivity index (χ1v) is 14.7. The van der Waals surface area contributed by atoms with E-state index in [2.05, 4.69) is 5.32 Å². The lowest BCUT2D eigenvalue weighted by Gasteiger charge is -2.31. The van der Waals surface area contributed by atoms with Gasteiger partial charge in [-0.1, -0.05) is 61.7 Å². The molecule has 2 amide bonds. The average molecular weight is 557 g/mol. The molecule has 36 heavy (non-hydrogen) atoms. The molecule has 0 saturated heterocycles. The lowest BCUT2D eigenvalue weighted by Crippen LogP contribution is -2.49. The van der Waals surface area contributed by atoms with Gasteiger partial charge < -0.3 is 10.2 Å². The fraction of sp³-hybridized carbons (Fsp3) is 0.462. The van der Waals surface area contributed by atoms with Gasteiger partial charge in [-0.3, -0.25) is 13.9 Å². The number of carbonyl (C=O) groups is 2. The second-order valence-corrected chi connectivity index (χ2v) is 11.4. The van der Waals surface area contributed by atoms with Crippen molar-refractivity contribution in [3.8, 4) is 0 Å². The van der Waals surface area contributed by atoms with Crippen LogP contribution in [0.5, 0.6) is 0 Å². The normalized spacial score (nSPS) is 12.1. The van der Waals surface area contributed by atoms with Crippen molar-refractivity contribution < 1.29 is 18.0 Å². The highest BCUT2D eigenvalue weighted by Gasteiger charge is 2.28. The highest BCUT2D eigenvalue weighted by molar-refractivity contribution is 7.92. The molecule has 0 spiro atoms. The van der Waals surface area contributed by atoms with Gasteiger partial charge in [0.25, 0.3) is 0 Å². The molecular formula is C26H35Cl2N3O4S. The van der Waals surface area contributed by atoms with E-state index in [1.165, 1.54) is 4.31 Å². The molecule has 0 aromatic heterocycles. The molecule has 10 heteroatoms. The Balaban J connectivity index is 2.19. The monoisotopic (exact) mass is 555 g/mol. The number of carbonyl (C=O) groups excluding carboxylic acids is 2. The Morgan fingerprint density at radius 1 is 1.00 bits per heavy atom. The molecule has 7 nitrogen and oxygen atoms in total. The minimum Gasteiger partial charge on any atom is -0.354 e. The summed E-state index contributed by atoms with van der Waals surface area (Å²) in [4.78, 5) is 27.9.